The fraction of sp³-hybridized carbons (Fsp3) is 0.474. The lowest BCUT2D eigenvalue weighted by Gasteiger charge is -2.30. The molecule has 2 nitrogen and oxygen atoms in total. The molecule has 0 bridgehead atoms. The predicted molar refractivity (Wildman–Crippen MR) is 98.3 cm³/mol. The maximum Gasteiger partial charge on any atom is 0.101 e. The number of aliphatic hydroxyl groups excluding tert-OH is 1. The molecule has 4 heteroatoms. The molecule has 1 heterocycles. The Kier molecular flexibility index (Phi) is 5.12. The Hall–Kier alpha value is -0.870. The van der Waals surface area contributed by atoms with E-state index in [2.05, 4.69) is 43.4 Å². The molecular formula is C19H24ClNOS. The minimum absolute atomic E-state index is 0.00867. The third kappa shape index (κ3) is 4.36. The quantitative estimate of drug-likeness (QED) is 0.798. The Morgan fingerprint density at radius 1 is 1.22 bits per heavy atom. The van der Waals surface area contributed by atoms with E-state index in [0.29, 0.717) is 12.5 Å². The van der Waals surface area contributed by atoms with Gasteiger partial charge in [-0.1, -0.05) is 35.9 Å². The maximum atomic E-state index is 10.3. The van der Waals surface area contributed by atoms with Crippen LogP contribution in [0.2, 0.25) is 4.34 Å². The van der Waals surface area contributed by atoms with Crippen molar-refractivity contribution in [1.29, 1.82) is 0 Å². The van der Waals surface area contributed by atoms with Crippen LogP contribution in [-0.2, 0) is 12.8 Å². The minimum Gasteiger partial charge on any atom is -0.386 e. The van der Waals surface area contributed by atoms with Gasteiger partial charge in [-0.05, 0) is 62.3 Å². The molecule has 1 aromatic carbocycles. The number of aliphatic hydroxyl groups is 1. The third-order valence-corrected chi connectivity index (χ3v) is 5.96. The molecule has 0 fully saturated rings. The molecule has 1 aromatic heterocycles. The second-order valence-corrected chi connectivity index (χ2v) is 8.92. The highest BCUT2D eigenvalue weighted by Gasteiger charge is 2.28. The maximum absolute atomic E-state index is 10.3. The zero-order chi connectivity index (χ0) is 16.4. The molecule has 0 saturated carbocycles. The lowest BCUT2D eigenvalue weighted by Crippen LogP contribution is -2.43. The van der Waals surface area contributed by atoms with Gasteiger partial charge in [0.2, 0.25) is 0 Å². The van der Waals surface area contributed by atoms with Crippen LogP contribution in [0.1, 0.15) is 42.4 Å². The first-order chi connectivity index (χ1) is 10.9. The second kappa shape index (κ2) is 6.94. The summed E-state index contributed by atoms with van der Waals surface area (Å²) in [6.45, 7) is 5.01. The Bertz CT molecular complexity index is 642. The lowest BCUT2D eigenvalue weighted by molar-refractivity contribution is 0.158. The van der Waals surface area contributed by atoms with Crippen molar-refractivity contribution in [3.8, 4) is 0 Å². The summed E-state index contributed by atoms with van der Waals surface area (Å²) in [4.78, 5) is 0.923. The van der Waals surface area contributed by atoms with E-state index in [9.17, 15) is 5.11 Å². The molecule has 23 heavy (non-hydrogen) atoms. The molecular weight excluding hydrogens is 326 g/mol. The van der Waals surface area contributed by atoms with E-state index >= 15 is 0 Å². The molecule has 0 amide bonds. The summed E-state index contributed by atoms with van der Waals surface area (Å²) in [5.41, 5.74) is 3.01. The van der Waals surface area contributed by atoms with E-state index in [1.54, 1.807) is 0 Å². The molecule has 0 saturated heterocycles. The van der Waals surface area contributed by atoms with Crippen molar-refractivity contribution in [2.24, 2.45) is 5.92 Å². The summed E-state index contributed by atoms with van der Waals surface area (Å²) in [5, 5.41) is 13.8. The van der Waals surface area contributed by atoms with Crippen LogP contribution in [0.3, 0.4) is 0 Å². The average Bonchev–Trinajstić information content (AvgIpc) is 3.09. The fourth-order valence-electron chi connectivity index (χ4n) is 3.57. The van der Waals surface area contributed by atoms with Crippen molar-refractivity contribution < 1.29 is 5.11 Å². The van der Waals surface area contributed by atoms with Gasteiger partial charge in [0, 0.05) is 17.0 Å². The van der Waals surface area contributed by atoms with Gasteiger partial charge in [-0.3, -0.25) is 0 Å². The molecule has 1 unspecified atom stereocenters. The topological polar surface area (TPSA) is 32.3 Å². The first-order valence-electron chi connectivity index (χ1n) is 8.18. The van der Waals surface area contributed by atoms with Crippen molar-refractivity contribution in [1.82, 2.24) is 5.32 Å². The first-order valence-corrected chi connectivity index (χ1v) is 9.37. The van der Waals surface area contributed by atoms with E-state index in [0.717, 1.165) is 15.6 Å². The normalized spacial score (nSPS) is 16.5. The minimum atomic E-state index is -0.493. The van der Waals surface area contributed by atoms with Gasteiger partial charge in [0.1, 0.15) is 6.10 Å². The number of rotatable bonds is 6. The standard InChI is InChI=1S/C19H24ClNOS/c1-19(2,21-12-16(22)17-7-8-18(20)23-17)11-13-9-14-5-3-4-6-15(14)10-13/h3-8,13,16,21-22H,9-12H2,1-2H3. The zero-order valence-electron chi connectivity index (χ0n) is 13.7. The van der Waals surface area contributed by atoms with E-state index < -0.39 is 6.10 Å². The van der Waals surface area contributed by atoms with Crippen molar-refractivity contribution >= 4 is 22.9 Å². The van der Waals surface area contributed by atoms with Crippen LogP contribution in [-0.4, -0.2) is 17.2 Å². The molecule has 2 N–H and O–H groups in total. The van der Waals surface area contributed by atoms with E-state index in [-0.39, 0.29) is 5.54 Å². The number of hydrogen-bond donors (Lipinski definition) is 2. The highest BCUT2D eigenvalue weighted by molar-refractivity contribution is 7.16. The number of fused-ring (bicyclic) bond motifs is 1. The largest absolute Gasteiger partial charge is 0.386 e. The van der Waals surface area contributed by atoms with Crippen LogP contribution in [0, 0.1) is 5.92 Å². The molecule has 124 valence electrons. The average molecular weight is 350 g/mol. The molecule has 1 atom stereocenters. The Labute approximate surface area is 147 Å². The second-order valence-electron chi connectivity index (χ2n) is 7.17. The number of nitrogens with one attached hydrogen (secondary N) is 1. The Balaban J connectivity index is 1.52. The highest BCUT2D eigenvalue weighted by Crippen LogP contribution is 2.32. The Morgan fingerprint density at radius 3 is 2.43 bits per heavy atom. The van der Waals surface area contributed by atoms with Crippen molar-refractivity contribution in [3.63, 3.8) is 0 Å². The molecule has 3 rings (SSSR count). The predicted octanol–water partition coefficient (Wildman–Crippen LogP) is 4.61. The van der Waals surface area contributed by atoms with E-state index in [4.69, 9.17) is 11.6 Å². The van der Waals surface area contributed by atoms with Crippen LogP contribution in [0.4, 0.5) is 0 Å². The first kappa shape index (κ1) is 17.0. The van der Waals surface area contributed by atoms with Gasteiger partial charge in [-0.2, -0.15) is 0 Å². The number of hydrogen-bond acceptors (Lipinski definition) is 3. The van der Waals surface area contributed by atoms with Gasteiger partial charge in [-0.15, -0.1) is 11.3 Å². The SMILES string of the molecule is CC(C)(CC1Cc2ccccc2C1)NCC(O)c1ccc(Cl)s1. The summed E-state index contributed by atoms with van der Waals surface area (Å²) in [6, 6.07) is 12.5. The van der Waals surface area contributed by atoms with Gasteiger partial charge in [-0.25, -0.2) is 0 Å². The molecule has 0 spiro atoms. The van der Waals surface area contributed by atoms with Gasteiger partial charge >= 0.3 is 0 Å². The highest BCUT2D eigenvalue weighted by atomic mass is 35.5. The molecule has 0 radical (unpaired) electrons. The number of benzene rings is 1. The van der Waals surface area contributed by atoms with Crippen LogP contribution in [0.5, 0.6) is 0 Å². The number of β-amino-alcohol motifs (C(OH)–C–C–N with tert-alkyl or cyclic N) is 1. The fourth-order valence-corrected chi connectivity index (χ4v) is 4.62. The zero-order valence-corrected chi connectivity index (χ0v) is 15.3. The van der Waals surface area contributed by atoms with Gasteiger partial charge in [0.25, 0.3) is 0 Å². The molecule has 1 aliphatic carbocycles. The van der Waals surface area contributed by atoms with Crippen LogP contribution >= 0.6 is 22.9 Å². The van der Waals surface area contributed by atoms with Crippen LogP contribution in [0.15, 0.2) is 36.4 Å². The summed E-state index contributed by atoms with van der Waals surface area (Å²) in [5.74, 6) is 0.684. The van der Waals surface area contributed by atoms with Crippen molar-refractivity contribution in [2.75, 3.05) is 6.54 Å². The summed E-state index contributed by atoms with van der Waals surface area (Å²) >= 11 is 7.39. The summed E-state index contributed by atoms with van der Waals surface area (Å²) < 4.78 is 0.724. The van der Waals surface area contributed by atoms with Crippen LogP contribution < -0.4 is 5.32 Å². The summed E-state index contributed by atoms with van der Waals surface area (Å²) in [6.07, 6.45) is 2.96. The monoisotopic (exact) mass is 349 g/mol. The van der Waals surface area contributed by atoms with Crippen molar-refractivity contribution in [3.05, 3.63) is 56.7 Å². The Morgan fingerprint density at radius 2 is 1.87 bits per heavy atom. The summed E-state index contributed by atoms with van der Waals surface area (Å²) in [7, 11) is 0. The number of thiophene rings is 1. The molecule has 2 aromatic rings. The third-order valence-electron chi connectivity index (χ3n) is 4.63. The van der Waals surface area contributed by atoms with E-state index in [1.807, 2.05) is 12.1 Å². The van der Waals surface area contributed by atoms with Crippen molar-refractivity contribution in [2.45, 2.75) is 44.8 Å². The lowest BCUT2D eigenvalue weighted by atomic mass is 9.88. The van der Waals surface area contributed by atoms with Gasteiger partial charge in [0.05, 0.1) is 4.34 Å². The molecule has 1 aliphatic rings. The molecule has 0 aliphatic heterocycles. The van der Waals surface area contributed by atoms with Crippen LogP contribution in [0.25, 0.3) is 0 Å². The van der Waals surface area contributed by atoms with Gasteiger partial charge < -0.3 is 10.4 Å². The smallest absolute Gasteiger partial charge is 0.101 e. The number of halogens is 1. The van der Waals surface area contributed by atoms with E-state index in [1.165, 1.54) is 35.3 Å². The van der Waals surface area contributed by atoms with Gasteiger partial charge in [0.15, 0.2) is 0 Å².